The van der Waals surface area contributed by atoms with Gasteiger partial charge in [-0.15, -0.1) is 0 Å². The summed E-state index contributed by atoms with van der Waals surface area (Å²) >= 11 is 1.73. The van der Waals surface area contributed by atoms with E-state index in [4.69, 9.17) is 0 Å². The molecule has 2 N–H and O–H groups in total. The number of nitrogens with zero attached hydrogens (tertiary/aromatic N) is 1. The Bertz CT molecular complexity index is 560. The SMILES string of the molecule is CCn1c(C)cc(C(=O)NC2(C(=O)O)CCSCC2)c1C. The minimum Gasteiger partial charge on any atom is -0.480 e. The largest absolute Gasteiger partial charge is 0.480 e. The number of amides is 1. The van der Waals surface area contributed by atoms with Crippen molar-refractivity contribution in [1.82, 2.24) is 9.88 Å². The Balaban J connectivity index is 2.26. The third-order valence-corrected chi connectivity index (χ3v) is 5.23. The van der Waals surface area contributed by atoms with Gasteiger partial charge >= 0.3 is 5.97 Å². The minimum atomic E-state index is -1.11. The maximum atomic E-state index is 12.5. The van der Waals surface area contributed by atoms with E-state index in [0.717, 1.165) is 29.4 Å². The lowest BCUT2D eigenvalue weighted by molar-refractivity contribution is -0.144. The van der Waals surface area contributed by atoms with Crippen molar-refractivity contribution in [2.45, 2.75) is 45.7 Å². The van der Waals surface area contributed by atoms with Crippen LogP contribution in [-0.2, 0) is 11.3 Å². The van der Waals surface area contributed by atoms with Crippen LogP contribution in [0.5, 0.6) is 0 Å². The molecule has 1 aliphatic heterocycles. The third-order valence-electron chi connectivity index (χ3n) is 4.24. The van der Waals surface area contributed by atoms with Crippen LogP contribution in [0, 0.1) is 13.8 Å². The minimum absolute atomic E-state index is 0.280. The number of aryl methyl sites for hydroxylation is 1. The summed E-state index contributed by atoms with van der Waals surface area (Å²) in [6.07, 6.45) is 0.955. The Morgan fingerprint density at radius 3 is 2.48 bits per heavy atom. The smallest absolute Gasteiger partial charge is 0.329 e. The van der Waals surface area contributed by atoms with Crippen LogP contribution in [-0.4, -0.2) is 38.6 Å². The zero-order chi connectivity index (χ0) is 15.6. The van der Waals surface area contributed by atoms with E-state index < -0.39 is 11.5 Å². The second kappa shape index (κ2) is 6.13. The van der Waals surface area contributed by atoms with E-state index in [1.54, 1.807) is 11.8 Å². The van der Waals surface area contributed by atoms with Gasteiger partial charge in [-0.25, -0.2) is 4.79 Å². The van der Waals surface area contributed by atoms with E-state index in [9.17, 15) is 14.7 Å². The highest BCUT2D eigenvalue weighted by molar-refractivity contribution is 7.99. The van der Waals surface area contributed by atoms with Crippen molar-refractivity contribution < 1.29 is 14.7 Å². The first kappa shape index (κ1) is 15.9. The number of carboxylic acid groups (broad SMARTS) is 1. The average Bonchev–Trinajstić information content (AvgIpc) is 2.74. The van der Waals surface area contributed by atoms with Gasteiger partial charge in [0.15, 0.2) is 0 Å². The van der Waals surface area contributed by atoms with Gasteiger partial charge in [-0.1, -0.05) is 0 Å². The second-order valence-electron chi connectivity index (χ2n) is 5.48. The Morgan fingerprint density at radius 1 is 1.38 bits per heavy atom. The normalized spacial score (nSPS) is 17.5. The lowest BCUT2D eigenvalue weighted by Gasteiger charge is -2.33. The maximum Gasteiger partial charge on any atom is 0.329 e. The van der Waals surface area contributed by atoms with Gasteiger partial charge in [-0.2, -0.15) is 11.8 Å². The average molecular weight is 310 g/mol. The predicted molar refractivity (Wildman–Crippen MR) is 84.0 cm³/mol. The summed E-state index contributed by atoms with van der Waals surface area (Å²) in [5.74, 6) is 0.318. The van der Waals surface area contributed by atoms with Gasteiger partial charge in [0.1, 0.15) is 5.54 Å². The number of carboxylic acids is 1. The summed E-state index contributed by atoms with van der Waals surface area (Å²) in [6.45, 7) is 6.68. The molecule has 0 unspecified atom stereocenters. The zero-order valence-corrected chi connectivity index (χ0v) is 13.5. The molecule has 116 valence electrons. The summed E-state index contributed by atoms with van der Waals surface area (Å²) in [5, 5.41) is 12.3. The Morgan fingerprint density at radius 2 is 2.00 bits per heavy atom. The summed E-state index contributed by atoms with van der Waals surface area (Å²) in [4.78, 5) is 24.2. The van der Waals surface area contributed by atoms with Crippen LogP contribution in [0.15, 0.2) is 6.07 Å². The third kappa shape index (κ3) is 2.95. The molecule has 1 saturated heterocycles. The van der Waals surface area contributed by atoms with Crippen molar-refractivity contribution >= 4 is 23.6 Å². The molecular formula is C15H22N2O3S. The van der Waals surface area contributed by atoms with Gasteiger partial charge in [0.05, 0.1) is 5.56 Å². The highest BCUT2D eigenvalue weighted by Gasteiger charge is 2.41. The summed E-state index contributed by atoms with van der Waals surface area (Å²) in [5.41, 5.74) is 1.37. The predicted octanol–water partition coefficient (Wildman–Crippen LogP) is 2.21. The Hall–Kier alpha value is -1.43. The highest BCUT2D eigenvalue weighted by Crippen LogP contribution is 2.28. The number of hydrogen-bond donors (Lipinski definition) is 2. The highest BCUT2D eigenvalue weighted by atomic mass is 32.2. The number of rotatable bonds is 4. The van der Waals surface area contributed by atoms with E-state index in [0.29, 0.717) is 18.4 Å². The van der Waals surface area contributed by atoms with Crippen molar-refractivity contribution in [3.8, 4) is 0 Å². The molecule has 1 aromatic heterocycles. The van der Waals surface area contributed by atoms with Crippen LogP contribution < -0.4 is 5.32 Å². The summed E-state index contributed by atoms with van der Waals surface area (Å²) < 4.78 is 2.05. The molecule has 0 spiro atoms. The van der Waals surface area contributed by atoms with E-state index >= 15 is 0 Å². The van der Waals surface area contributed by atoms with E-state index in [-0.39, 0.29) is 5.91 Å². The molecule has 1 amide bonds. The van der Waals surface area contributed by atoms with E-state index in [2.05, 4.69) is 9.88 Å². The first-order chi connectivity index (χ1) is 9.91. The lowest BCUT2D eigenvalue weighted by atomic mass is 9.92. The number of hydrogen-bond acceptors (Lipinski definition) is 3. The van der Waals surface area contributed by atoms with Crippen LogP contribution in [0.3, 0.4) is 0 Å². The standard InChI is InChI=1S/C15H22N2O3S/c1-4-17-10(2)9-12(11(17)3)13(18)16-15(14(19)20)5-7-21-8-6-15/h9H,4-8H2,1-3H3,(H,16,18)(H,19,20). The van der Waals surface area contributed by atoms with Gasteiger partial charge in [0, 0.05) is 17.9 Å². The van der Waals surface area contributed by atoms with Gasteiger partial charge in [0.2, 0.25) is 0 Å². The molecule has 0 aromatic carbocycles. The monoisotopic (exact) mass is 310 g/mol. The van der Waals surface area contributed by atoms with Crippen molar-refractivity contribution in [1.29, 1.82) is 0 Å². The van der Waals surface area contributed by atoms with Crippen molar-refractivity contribution in [3.05, 3.63) is 23.0 Å². The van der Waals surface area contributed by atoms with Crippen LogP contribution >= 0.6 is 11.8 Å². The fraction of sp³-hybridized carbons (Fsp3) is 0.600. The van der Waals surface area contributed by atoms with Crippen LogP contribution in [0.25, 0.3) is 0 Å². The first-order valence-electron chi connectivity index (χ1n) is 7.21. The number of aromatic nitrogens is 1. The molecule has 1 fully saturated rings. The van der Waals surface area contributed by atoms with Gasteiger partial charge < -0.3 is 15.0 Å². The first-order valence-corrected chi connectivity index (χ1v) is 8.37. The molecule has 1 aliphatic rings. The molecule has 2 heterocycles. The van der Waals surface area contributed by atoms with Crippen molar-refractivity contribution in [3.63, 3.8) is 0 Å². The van der Waals surface area contributed by atoms with E-state index in [1.165, 1.54) is 0 Å². The molecule has 0 saturated carbocycles. The fourth-order valence-electron chi connectivity index (χ4n) is 2.91. The molecule has 21 heavy (non-hydrogen) atoms. The molecule has 1 aromatic rings. The fourth-order valence-corrected chi connectivity index (χ4v) is 4.10. The number of carbonyl (C=O) groups excluding carboxylic acids is 1. The van der Waals surface area contributed by atoms with Crippen molar-refractivity contribution in [2.24, 2.45) is 0 Å². The number of nitrogens with one attached hydrogen (secondary N) is 1. The maximum absolute atomic E-state index is 12.5. The van der Waals surface area contributed by atoms with Crippen LogP contribution in [0.1, 0.15) is 41.5 Å². The Labute approximate surface area is 129 Å². The summed E-state index contributed by atoms with van der Waals surface area (Å²) in [7, 11) is 0. The van der Waals surface area contributed by atoms with E-state index in [1.807, 2.05) is 26.8 Å². The number of aliphatic carboxylic acids is 1. The van der Waals surface area contributed by atoms with Gasteiger partial charge in [-0.3, -0.25) is 4.79 Å². The molecule has 0 aliphatic carbocycles. The molecule has 6 heteroatoms. The molecule has 0 atom stereocenters. The molecule has 0 bridgehead atoms. The van der Waals surface area contributed by atoms with Crippen LogP contribution in [0.2, 0.25) is 0 Å². The second-order valence-corrected chi connectivity index (χ2v) is 6.71. The van der Waals surface area contributed by atoms with Gasteiger partial charge in [-0.05, 0) is 51.2 Å². The quantitative estimate of drug-likeness (QED) is 0.894. The lowest BCUT2D eigenvalue weighted by Crippen LogP contribution is -2.56. The van der Waals surface area contributed by atoms with Crippen molar-refractivity contribution in [2.75, 3.05) is 11.5 Å². The molecule has 5 nitrogen and oxygen atoms in total. The molecule has 0 radical (unpaired) electrons. The molecular weight excluding hydrogens is 288 g/mol. The topological polar surface area (TPSA) is 71.3 Å². The number of carbonyl (C=O) groups is 2. The zero-order valence-electron chi connectivity index (χ0n) is 12.7. The number of thioether (sulfide) groups is 1. The Kier molecular flexibility index (Phi) is 4.66. The molecule has 2 rings (SSSR count). The van der Waals surface area contributed by atoms with Gasteiger partial charge in [0.25, 0.3) is 5.91 Å². The summed E-state index contributed by atoms with van der Waals surface area (Å²) in [6, 6.07) is 1.83. The van der Waals surface area contributed by atoms with Crippen LogP contribution in [0.4, 0.5) is 0 Å².